The maximum atomic E-state index is 6.82. The first kappa shape index (κ1) is 24.1. The van der Waals surface area contributed by atoms with Crippen LogP contribution in [0.2, 0.25) is 13.1 Å². The molecule has 3 aliphatic heterocycles. The summed E-state index contributed by atoms with van der Waals surface area (Å²) in [7, 11) is -2.00. The molecule has 5 heteroatoms. The smallest absolute Gasteiger partial charge is 0.336 e. The zero-order chi connectivity index (χ0) is 29.6. The summed E-state index contributed by atoms with van der Waals surface area (Å²) < 4.78 is 9.36. The second-order valence-electron chi connectivity index (χ2n) is 13.3. The van der Waals surface area contributed by atoms with Gasteiger partial charge in [-0.1, -0.05) is 116 Å². The van der Waals surface area contributed by atoms with Crippen molar-refractivity contribution in [2.45, 2.75) is 13.1 Å². The fourth-order valence-corrected chi connectivity index (χ4v) is 11.8. The molecule has 0 atom stereocenters. The van der Waals surface area contributed by atoms with Gasteiger partial charge in [0.15, 0.2) is 5.71 Å². The highest BCUT2D eigenvalue weighted by Gasteiger charge is 2.48. The molecule has 0 aliphatic carbocycles. The summed E-state index contributed by atoms with van der Waals surface area (Å²) in [6, 6.07) is 47.3. The Hall–Kier alpha value is -5.26. The lowest BCUT2D eigenvalue weighted by Crippen LogP contribution is -2.65. The lowest BCUT2D eigenvalue weighted by atomic mass is 9.45. The number of aromatic nitrogens is 1. The van der Waals surface area contributed by atoms with E-state index in [0.717, 1.165) is 11.3 Å². The van der Waals surface area contributed by atoms with E-state index in [9.17, 15) is 0 Å². The van der Waals surface area contributed by atoms with Crippen LogP contribution in [0.4, 0.5) is 17.1 Å². The molecule has 3 nitrogen and oxygen atoms in total. The predicted molar refractivity (Wildman–Crippen MR) is 192 cm³/mol. The van der Waals surface area contributed by atoms with Crippen LogP contribution in [0.25, 0.3) is 55.2 Å². The molecule has 0 fully saturated rings. The summed E-state index contributed by atoms with van der Waals surface area (Å²) >= 11 is 0. The first-order valence-corrected chi connectivity index (χ1v) is 18.8. The van der Waals surface area contributed by atoms with Crippen LogP contribution in [0.1, 0.15) is 0 Å². The average molecular weight is 591 g/mol. The van der Waals surface area contributed by atoms with E-state index < -0.39 is 8.07 Å². The topological polar surface area (TPSA) is 21.3 Å². The largest absolute Gasteiger partial charge is 0.441 e. The minimum atomic E-state index is -2.00. The third kappa shape index (κ3) is 2.80. The van der Waals surface area contributed by atoms with E-state index in [-0.39, 0.29) is 6.85 Å². The molecule has 0 radical (unpaired) electrons. The minimum Gasteiger partial charge on any atom is -0.441 e. The molecule has 8 aromatic rings. The highest BCUT2D eigenvalue weighted by Crippen LogP contribution is 2.48. The lowest BCUT2D eigenvalue weighted by Gasteiger charge is -2.47. The molecule has 0 amide bonds. The normalized spacial score (nSPS) is 15.0. The molecule has 0 spiro atoms. The minimum absolute atomic E-state index is 0.00320. The van der Waals surface area contributed by atoms with E-state index in [2.05, 4.69) is 150 Å². The summed E-state index contributed by atoms with van der Waals surface area (Å²) in [4.78, 5) is 2.60. The number of nitrogens with zero attached hydrogens (tertiary/aromatic N) is 2. The second-order valence-corrected chi connectivity index (χ2v) is 17.6. The van der Waals surface area contributed by atoms with Gasteiger partial charge in [-0.05, 0) is 62.3 Å². The molecule has 3 aliphatic rings. The van der Waals surface area contributed by atoms with Gasteiger partial charge in [0.1, 0.15) is 13.7 Å². The second kappa shape index (κ2) is 8.06. The molecule has 5 heterocycles. The van der Waals surface area contributed by atoms with Crippen molar-refractivity contribution in [3.8, 4) is 22.3 Å². The lowest BCUT2D eigenvalue weighted by molar-refractivity contribution is 0.651. The molecule has 2 aromatic heterocycles. The van der Waals surface area contributed by atoms with Gasteiger partial charge in [0.05, 0.1) is 5.39 Å². The quantitative estimate of drug-likeness (QED) is 0.182. The Kier molecular flexibility index (Phi) is 4.32. The third-order valence-corrected chi connectivity index (χ3v) is 14.3. The van der Waals surface area contributed by atoms with Crippen LogP contribution < -0.4 is 26.2 Å². The molecular formula is C40H27BN2OSi. The first-order chi connectivity index (χ1) is 22.1. The van der Waals surface area contributed by atoms with Crippen LogP contribution in [-0.4, -0.2) is 19.4 Å². The summed E-state index contributed by atoms with van der Waals surface area (Å²) in [6.07, 6.45) is 0. The van der Waals surface area contributed by atoms with Crippen LogP contribution in [0.3, 0.4) is 0 Å². The highest BCUT2D eigenvalue weighted by atomic mass is 28.3. The predicted octanol–water partition coefficient (Wildman–Crippen LogP) is 7.76. The summed E-state index contributed by atoms with van der Waals surface area (Å²) in [5, 5.41) is 6.65. The fourth-order valence-electron chi connectivity index (χ4n) is 8.84. The van der Waals surface area contributed by atoms with Crippen molar-refractivity contribution in [3.05, 3.63) is 127 Å². The van der Waals surface area contributed by atoms with Gasteiger partial charge in [0.25, 0.3) is 0 Å². The molecule has 0 saturated heterocycles. The fraction of sp³-hybridized carbons (Fsp3) is 0.0500. The summed E-state index contributed by atoms with van der Waals surface area (Å²) in [5.74, 6) is 0. The van der Waals surface area contributed by atoms with E-state index in [0.29, 0.717) is 0 Å². The Morgan fingerprint density at radius 2 is 1.38 bits per heavy atom. The van der Waals surface area contributed by atoms with E-state index in [1.165, 1.54) is 82.3 Å². The van der Waals surface area contributed by atoms with Gasteiger partial charge in [-0.2, -0.15) is 0 Å². The average Bonchev–Trinajstić information content (AvgIpc) is 3.62. The van der Waals surface area contributed by atoms with Crippen LogP contribution in [0.5, 0.6) is 0 Å². The molecule has 11 rings (SSSR count). The maximum Gasteiger partial charge on any atom is 0.336 e. The number of rotatable bonds is 1. The van der Waals surface area contributed by atoms with E-state index in [4.69, 9.17) is 4.42 Å². The highest BCUT2D eigenvalue weighted by molar-refractivity contribution is 7.04. The molecule has 0 saturated carbocycles. The van der Waals surface area contributed by atoms with E-state index in [1.54, 1.807) is 0 Å². The number of benzene rings is 6. The van der Waals surface area contributed by atoms with Crippen LogP contribution in [0, 0.1) is 0 Å². The molecule has 0 unspecified atom stereocenters. The van der Waals surface area contributed by atoms with Crippen molar-refractivity contribution in [1.82, 2.24) is 4.48 Å². The van der Waals surface area contributed by atoms with Crippen LogP contribution in [0.15, 0.2) is 132 Å². The SMILES string of the molecule is C[Si]1(C)c2ccccc2N2c3cc(-c4ccccc4)cc4c3B(c3cccc1c32)n1c2oc3ccccc3c2c2cccc-4c21. The van der Waals surface area contributed by atoms with Crippen LogP contribution >= 0.6 is 0 Å². The number of hydrogen-bond acceptors (Lipinski definition) is 2. The van der Waals surface area contributed by atoms with Crippen molar-refractivity contribution in [2.24, 2.45) is 0 Å². The zero-order valence-corrected chi connectivity index (χ0v) is 26.0. The van der Waals surface area contributed by atoms with Gasteiger partial charge in [0, 0.05) is 38.9 Å². The van der Waals surface area contributed by atoms with E-state index >= 15 is 0 Å². The van der Waals surface area contributed by atoms with Gasteiger partial charge < -0.3 is 13.8 Å². The van der Waals surface area contributed by atoms with Crippen molar-refractivity contribution < 1.29 is 4.42 Å². The number of anilines is 3. The van der Waals surface area contributed by atoms with Crippen molar-refractivity contribution >= 4 is 86.3 Å². The number of para-hydroxylation sites is 4. The van der Waals surface area contributed by atoms with Gasteiger partial charge in [-0.25, -0.2) is 0 Å². The van der Waals surface area contributed by atoms with Gasteiger partial charge in [0.2, 0.25) is 0 Å². The number of hydrogen-bond donors (Lipinski definition) is 0. The Bertz CT molecular complexity index is 2600. The number of fused-ring (bicyclic) bond motifs is 11. The van der Waals surface area contributed by atoms with Gasteiger partial charge >= 0.3 is 6.85 Å². The van der Waals surface area contributed by atoms with Crippen molar-refractivity contribution in [3.63, 3.8) is 0 Å². The Morgan fingerprint density at radius 1 is 0.622 bits per heavy atom. The van der Waals surface area contributed by atoms with Crippen LogP contribution in [-0.2, 0) is 0 Å². The van der Waals surface area contributed by atoms with E-state index in [1.807, 2.05) is 0 Å². The molecule has 210 valence electrons. The molecule has 6 aromatic carbocycles. The van der Waals surface area contributed by atoms with Gasteiger partial charge in [-0.3, -0.25) is 0 Å². The Balaban J connectivity index is 1.37. The van der Waals surface area contributed by atoms with Crippen molar-refractivity contribution in [1.29, 1.82) is 0 Å². The zero-order valence-electron chi connectivity index (χ0n) is 25.0. The maximum absolute atomic E-state index is 6.82. The Labute approximate surface area is 262 Å². The van der Waals surface area contributed by atoms with Gasteiger partial charge in [-0.15, -0.1) is 0 Å². The molecule has 0 N–H and O–H groups in total. The Morgan fingerprint density at radius 3 is 2.29 bits per heavy atom. The third-order valence-electron chi connectivity index (χ3n) is 10.7. The first-order valence-electron chi connectivity index (χ1n) is 15.8. The number of furan rings is 1. The molecule has 45 heavy (non-hydrogen) atoms. The standard InChI is InChI=1S/C40H27BN2OSi/c1-45(2)34-20-9-7-18-31(34)42-32-23-25(24-12-4-3-5-13-24)22-29-26-15-10-16-28-36-27-14-6-8-19-33(27)44-40(36)43(38(26)28)41(37(29)32)30-17-11-21-35(45)39(30)42/h3-23H,1-2H3. The monoisotopic (exact) mass is 590 g/mol. The summed E-state index contributed by atoms with van der Waals surface area (Å²) in [6.45, 7) is 5.03. The molecular weight excluding hydrogens is 563 g/mol. The summed E-state index contributed by atoms with van der Waals surface area (Å²) in [5.41, 5.74) is 14.9. The molecule has 0 bridgehead atoms. The van der Waals surface area contributed by atoms with Crippen molar-refractivity contribution in [2.75, 3.05) is 4.90 Å².